The number of carbonyl (C=O) groups is 1. The van der Waals surface area contributed by atoms with Gasteiger partial charge in [0.2, 0.25) is 0 Å². The summed E-state index contributed by atoms with van der Waals surface area (Å²) in [6, 6.07) is 10.3. The fraction of sp³-hybridized carbons (Fsp3) is 0.562. The zero-order chi connectivity index (χ0) is 14.4. The highest BCUT2D eigenvalue weighted by atomic mass is 16.6. The van der Waals surface area contributed by atoms with Gasteiger partial charge in [0.05, 0.1) is 0 Å². The molecule has 0 unspecified atom stereocenters. The molecule has 0 aromatic heterocycles. The molecular formula is C16H24N2O2. The van der Waals surface area contributed by atoms with Crippen LogP contribution >= 0.6 is 0 Å². The molecule has 1 aliphatic rings. The van der Waals surface area contributed by atoms with Gasteiger partial charge < -0.3 is 15.0 Å². The van der Waals surface area contributed by atoms with Crippen LogP contribution in [0.25, 0.3) is 0 Å². The van der Waals surface area contributed by atoms with Crippen LogP contribution in [0.2, 0.25) is 0 Å². The molecule has 0 bridgehead atoms. The summed E-state index contributed by atoms with van der Waals surface area (Å²) in [4.78, 5) is 14.0. The first-order valence-corrected chi connectivity index (χ1v) is 7.37. The highest BCUT2D eigenvalue weighted by Crippen LogP contribution is 2.11. The van der Waals surface area contributed by atoms with E-state index in [0.29, 0.717) is 12.6 Å². The van der Waals surface area contributed by atoms with Crippen molar-refractivity contribution in [2.24, 2.45) is 0 Å². The van der Waals surface area contributed by atoms with Gasteiger partial charge in [0.15, 0.2) is 0 Å². The van der Waals surface area contributed by atoms with Gasteiger partial charge >= 0.3 is 6.09 Å². The van der Waals surface area contributed by atoms with E-state index < -0.39 is 0 Å². The van der Waals surface area contributed by atoms with Crippen LogP contribution in [-0.2, 0) is 11.3 Å². The van der Waals surface area contributed by atoms with Crippen LogP contribution in [0.4, 0.5) is 4.79 Å². The summed E-state index contributed by atoms with van der Waals surface area (Å²) in [6.45, 7) is 6.17. The summed E-state index contributed by atoms with van der Waals surface area (Å²) in [5.41, 5.74) is 1.02. The number of rotatable bonds is 5. The van der Waals surface area contributed by atoms with Crippen LogP contribution in [-0.4, -0.2) is 36.2 Å². The minimum atomic E-state index is -0.224. The lowest BCUT2D eigenvalue weighted by Crippen LogP contribution is -2.44. The summed E-state index contributed by atoms with van der Waals surface area (Å²) < 4.78 is 5.42. The third-order valence-corrected chi connectivity index (χ3v) is 3.64. The molecule has 1 amide bonds. The van der Waals surface area contributed by atoms with Gasteiger partial charge in [-0.15, -0.1) is 0 Å². The molecule has 1 fully saturated rings. The van der Waals surface area contributed by atoms with Crippen molar-refractivity contribution in [1.82, 2.24) is 10.2 Å². The number of nitrogens with one attached hydrogen (secondary N) is 1. The molecule has 1 heterocycles. The second-order valence-corrected chi connectivity index (χ2v) is 5.58. The molecule has 1 aromatic carbocycles. The monoisotopic (exact) mass is 276 g/mol. The molecule has 1 aliphatic heterocycles. The third-order valence-electron chi connectivity index (χ3n) is 3.64. The maximum Gasteiger partial charge on any atom is 0.410 e. The van der Waals surface area contributed by atoms with Gasteiger partial charge in [0.25, 0.3) is 0 Å². The molecule has 1 saturated heterocycles. The number of carbonyl (C=O) groups excluding carboxylic acids is 1. The lowest BCUT2D eigenvalue weighted by molar-refractivity contribution is 0.0825. The van der Waals surface area contributed by atoms with Crippen molar-refractivity contribution in [3.05, 3.63) is 35.9 Å². The predicted molar refractivity (Wildman–Crippen MR) is 79.5 cm³/mol. The molecule has 0 aliphatic carbocycles. The molecule has 0 saturated carbocycles. The third kappa shape index (κ3) is 4.23. The van der Waals surface area contributed by atoms with Gasteiger partial charge in [-0.1, -0.05) is 30.3 Å². The average molecular weight is 276 g/mol. The number of nitrogens with zero attached hydrogens (tertiary/aromatic N) is 1. The maximum absolute atomic E-state index is 12.2. The average Bonchev–Trinajstić information content (AvgIpc) is 2.96. The predicted octanol–water partition coefficient (Wildman–Crippen LogP) is 2.79. The number of hydrogen-bond donors (Lipinski definition) is 1. The molecule has 1 aromatic rings. The van der Waals surface area contributed by atoms with Crippen molar-refractivity contribution in [1.29, 1.82) is 0 Å². The van der Waals surface area contributed by atoms with Crippen molar-refractivity contribution >= 4 is 6.09 Å². The molecule has 0 radical (unpaired) electrons. The molecule has 4 heteroatoms. The van der Waals surface area contributed by atoms with Crippen LogP contribution < -0.4 is 5.32 Å². The van der Waals surface area contributed by atoms with Crippen molar-refractivity contribution < 1.29 is 9.53 Å². The van der Waals surface area contributed by atoms with E-state index in [4.69, 9.17) is 4.74 Å². The Kier molecular flexibility index (Phi) is 5.41. The number of hydrogen-bond acceptors (Lipinski definition) is 3. The van der Waals surface area contributed by atoms with E-state index in [-0.39, 0.29) is 12.1 Å². The fourth-order valence-electron chi connectivity index (χ4n) is 2.45. The summed E-state index contributed by atoms with van der Waals surface area (Å²) in [7, 11) is 0. The molecule has 20 heavy (non-hydrogen) atoms. The standard InChI is InChI=1S/C16H24N2O2/c1-13(2)18(11-15-9-6-10-17-15)16(19)20-12-14-7-4-3-5-8-14/h3-5,7-8,13,15,17H,6,9-12H2,1-2H3/t15-/m0/s1. The lowest BCUT2D eigenvalue weighted by Gasteiger charge is -2.28. The quantitative estimate of drug-likeness (QED) is 0.899. The molecule has 2 rings (SSSR count). The van der Waals surface area contributed by atoms with Crippen LogP contribution in [0.3, 0.4) is 0 Å². The van der Waals surface area contributed by atoms with Crippen molar-refractivity contribution in [3.8, 4) is 0 Å². The minimum absolute atomic E-state index is 0.153. The van der Waals surface area contributed by atoms with Crippen LogP contribution in [0.15, 0.2) is 30.3 Å². The topological polar surface area (TPSA) is 41.6 Å². The largest absolute Gasteiger partial charge is 0.445 e. The Labute approximate surface area is 121 Å². The minimum Gasteiger partial charge on any atom is -0.445 e. The molecule has 1 N–H and O–H groups in total. The summed E-state index contributed by atoms with van der Waals surface area (Å²) in [5, 5.41) is 3.42. The first-order valence-electron chi connectivity index (χ1n) is 7.37. The van der Waals surface area contributed by atoms with E-state index in [1.165, 1.54) is 6.42 Å². The van der Waals surface area contributed by atoms with Crippen molar-refractivity contribution in [3.63, 3.8) is 0 Å². The van der Waals surface area contributed by atoms with E-state index in [9.17, 15) is 4.79 Å². The van der Waals surface area contributed by atoms with Gasteiger partial charge in [-0.05, 0) is 38.8 Å². The van der Waals surface area contributed by atoms with E-state index in [1.807, 2.05) is 49.1 Å². The van der Waals surface area contributed by atoms with Crippen LogP contribution in [0.5, 0.6) is 0 Å². The van der Waals surface area contributed by atoms with Crippen LogP contribution in [0.1, 0.15) is 32.3 Å². The normalized spacial score (nSPS) is 18.2. The summed E-state index contributed by atoms with van der Waals surface area (Å²) in [5.74, 6) is 0. The van der Waals surface area contributed by atoms with E-state index in [1.54, 1.807) is 0 Å². The fourth-order valence-corrected chi connectivity index (χ4v) is 2.45. The maximum atomic E-state index is 12.2. The second kappa shape index (κ2) is 7.29. The van der Waals surface area contributed by atoms with E-state index >= 15 is 0 Å². The number of amides is 1. The summed E-state index contributed by atoms with van der Waals surface area (Å²) >= 11 is 0. The Morgan fingerprint density at radius 2 is 2.15 bits per heavy atom. The Balaban J connectivity index is 1.86. The number of ether oxygens (including phenoxy) is 1. The van der Waals surface area contributed by atoms with E-state index in [2.05, 4.69) is 5.32 Å². The highest BCUT2D eigenvalue weighted by molar-refractivity contribution is 5.68. The first-order chi connectivity index (χ1) is 9.66. The zero-order valence-electron chi connectivity index (χ0n) is 12.3. The first kappa shape index (κ1) is 14.9. The highest BCUT2D eigenvalue weighted by Gasteiger charge is 2.24. The second-order valence-electron chi connectivity index (χ2n) is 5.58. The van der Waals surface area contributed by atoms with Gasteiger partial charge in [0, 0.05) is 18.6 Å². The Morgan fingerprint density at radius 1 is 1.40 bits per heavy atom. The van der Waals surface area contributed by atoms with Gasteiger partial charge in [-0.25, -0.2) is 4.79 Å². The zero-order valence-corrected chi connectivity index (χ0v) is 12.3. The smallest absolute Gasteiger partial charge is 0.410 e. The van der Waals surface area contributed by atoms with Crippen molar-refractivity contribution in [2.75, 3.05) is 13.1 Å². The molecule has 110 valence electrons. The SMILES string of the molecule is CC(C)N(C[C@@H]1CCCN1)C(=O)OCc1ccccc1. The lowest BCUT2D eigenvalue weighted by atomic mass is 10.2. The van der Waals surface area contributed by atoms with E-state index in [0.717, 1.165) is 25.1 Å². The molecular weight excluding hydrogens is 252 g/mol. The Hall–Kier alpha value is -1.55. The molecule has 0 spiro atoms. The summed E-state index contributed by atoms with van der Waals surface area (Å²) in [6.07, 6.45) is 2.10. The van der Waals surface area contributed by atoms with Crippen molar-refractivity contribution in [2.45, 2.75) is 45.4 Å². The van der Waals surface area contributed by atoms with Gasteiger partial charge in [-0.3, -0.25) is 0 Å². The van der Waals surface area contributed by atoms with Gasteiger partial charge in [-0.2, -0.15) is 0 Å². The van der Waals surface area contributed by atoms with Crippen LogP contribution in [0, 0.1) is 0 Å². The Morgan fingerprint density at radius 3 is 2.75 bits per heavy atom. The number of benzene rings is 1. The Bertz CT molecular complexity index is 414. The molecule has 1 atom stereocenters. The van der Waals surface area contributed by atoms with Gasteiger partial charge in [0.1, 0.15) is 6.61 Å². The molecule has 4 nitrogen and oxygen atoms in total.